The first kappa shape index (κ1) is 17.8. The van der Waals surface area contributed by atoms with Crippen molar-refractivity contribution in [2.24, 2.45) is 17.8 Å². The SMILES string of the molecule is COC(=O)CCN(C(=O)c1ccc2c(c1)OCO2)C12CC3CC(CC(C3)C1)C2. The number of methoxy groups -OCH3 is 1. The molecule has 5 aliphatic rings. The van der Waals surface area contributed by atoms with Crippen molar-refractivity contribution in [3.8, 4) is 11.5 Å². The second kappa shape index (κ2) is 6.68. The molecule has 0 aromatic heterocycles. The van der Waals surface area contributed by atoms with E-state index in [9.17, 15) is 9.59 Å². The Morgan fingerprint density at radius 3 is 2.36 bits per heavy atom. The van der Waals surface area contributed by atoms with E-state index in [0.717, 1.165) is 37.0 Å². The highest BCUT2D eigenvalue weighted by Gasteiger charge is 2.54. The Balaban J connectivity index is 1.46. The number of hydrogen-bond acceptors (Lipinski definition) is 5. The molecule has 1 aliphatic heterocycles. The van der Waals surface area contributed by atoms with Gasteiger partial charge in [-0.25, -0.2) is 0 Å². The molecule has 28 heavy (non-hydrogen) atoms. The molecular weight excluding hydrogens is 358 g/mol. The molecule has 4 aliphatic carbocycles. The largest absolute Gasteiger partial charge is 0.469 e. The summed E-state index contributed by atoms with van der Waals surface area (Å²) in [6, 6.07) is 5.38. The Bertz CT molecular complexity index is 769. The van der Waals surface area contributed by atoms with Crippen LogP contribution in [0, 0.1) is 17.8 Å². The van der Waals surface area contributed by atoms with Crippen LogP contribution in [0.4, 0.5) is 0 Å². The highest BCUT2D eigenvalue weighted by Crippen LogP contribution is 2.58. The van der Waals surface area contributed by atoms with Gasteiger partial charge in [-0.3, -0.25) is 9.59 Å². The molecule has 0 N–H and O–H groups in total. The molecule has 150 valence electrons. The number of ether oxygens (including phenoxy) is 3. The van der Waals surface area contributed by atoms with Crippen LogP contribution in [0.1, 0.15) is 55.3 Å². The number of hydrogen-bond donors (Lipinski definition) is 0. The van der Waals surface area contributed by atoms with Gasteiger partial charge < -0.3 is 19.1 Å². The van der Waals surface area contributed by atoms with Crippen LogP contribution < -0.4 is 9.47 Å². The Morgan fingerprint density at radius 1 is 1.07 bits per heavy atom. The fraction of sp³-hybridized carbons (Fsp3) is 0.636. The molecule has 4 fully saturated rings. The van der Waals surface area contributed by atoms with Gasteiger partial charge in [-0.2, -0.15) is 0 Å². The van der Waals surface area contributed by atoms with Crippen molar-refractivity contribution in [2.75, 3.05) is 20.4 Å². The number of carbonyl (C=O) groups is 2. The first-order valence-corrected chi connectivity index (χ1v) is 10.3. The van der Waals surface area contributed by atoms with Gasteiger partial charge in [-0.1, -0.05) is 0 Å². The summed E-state index contributed by atoms with van der Waals surface area (Å²) in [5, 5.41) is 0. The smallest absolute Gasteiger partial charge is 0.307 e. The summed E-state index contributed by atoms with van der Waals surface area (Å²) in [5.41, 5.74) is 0.487. The molecular formula is C22H27NO5. The van der Waals surface area contributed by atoms with Gasteiger partial charge >= 0.3 is 5.97 Å². The van der Waals surface area contributed by atoms with Gasteiger partial charge in [0.1, 0.15) is 0 Å². The standard InChI is InChI=1S/C22H27NO5/c1-26-20(24)4-5-23(21(25)17-2-3-18-19(9-17)28-13-27-18)22-10-14-6-15(11-22)8-16(7-14)12-22/h2-3,9,14-16H,4-8,10-13H2,1H3. The summed E-state index contributed by atoms with van der Waals surface area (Å²) < 4.78 is 15.7. The second-order valence-corrected chi connectivity index (χ2v) is 8.99. The van der Waals surface area contributed by atoms with Crippen LogP contribution in [-0.4, -0.2) is 42.8 Å². The third-order valence-corrected chi connectivity index (χ3v) is 7.21. The van der Waals surface area contributed by atoms with Crippen molar-refractivity contribution < 1.29 is 23.8 Å². The quantitative estimate of drug-likeness (QED) is 0.727. The average molecular weight is 385 g/mol. The molecule has 0 radical (unpaired) electrons. The summed E-state index contributed by atoms with van der Waals surface area (Å²) in [6.45, 7) is 0.597. The number of nitrogens with zero attached hydrogens (tertiary/aromatic N) is 1. The third-order valence-electron chi connectivity index (χ3n) is 7.21. The highest BCUT2D eigenvalue weighted by molar-refractivity contribution is 5.95. The zero-order valence-electron chi connectivity index (χ0n) is 16.3. The molecule has 1 heterocycles. The Hall–Kier alpha value is -2.24. The van der Waals surface area contributed by atoms with E-state index in [-0.39, 0.29) is 30.6 Å². The molecule has 1 aromatic carbocycles. The van der Waals surface area contributed by atoms with Crippen LogP contribution in [0.2, 0.25) is 0 Å². The topological polar surface area (TPSA) is 65.1 Å². The molecule has 6 rings (SSSR count). The van der Waals surface area contributed by atoms with Gasteiger partial charge in [0, 0.05) is 17.6 Å². The number of carbonyl (C=O) groups excluding carboxylic acids is 2. The summed E-state index contributed by atoms with van der Waals surface area (Å²) in [4.78, 5) is 27.5. The van der Waals surface area contributed by atoms with Crippen molar-refractivity contribution in [2.45, 2.75) is 50.5 Å². The predicted octanol–water partition coefficient (Wildman–Crippen LogP) is 3.39. The summed E-state index contributed by atoms with van der Waals surface area (Å²) >= 11 is 0. The number of esters is 1. The highest BCUT2D eigenvalue weighted by atomic mass is 16.7. The summed E-state index contributed by atoms with van der Waals surface area (Å²) in [5.74, 6) is 3.17. The van der Waals surface area contributed by atoms with Gasteiger partial charge in [0.2, 0.25) is 6.79 Å². The lowest BCUT2D eigenvalue weighted by Crippen LogP contribution is -2.61. The molecule has 1 aromatic rings. The Kier molecular flexibility index (Phi) is 4.25. The van der Waals surface area contributed by atoms with E-state index in [1.54, 1.807) is 12.1 Å². The van der Waals surface area contributed by atoms with Gasteiger partial charge in [-0.15, -0.1) is 0 Å². The lowest BCUT2D eigenvalue weighted by atomic mass is 9.52. The first-order chi connectivity index (χ1) is 13.6. The Morgan fingerprint density at radius 2 is 1.71 bits per heavy atom. The lowest BCUT2D eigenvalue weighted by Gasteiger charge is -2.60. The summed E-state index contributed by atoms with van der Waals surface area (Å²) in [6.07, 6.45) is 7.35. The van der Waals surface area contributed by atoms with Crippen LogP contribution in [0.15, 0.2) is 18.2 Å². The van der Waals surface area contributed by atoms with Gasteiger partial charge in [0.15, 0.2) is 11.5 Å². The van der Waals surface area contributed by atoms with Crippen LogP contribution in [0.3, 0.4) is 0 Å². The predicted molar refractivity (Wildman–Crippen MR) is 101 cm³/mol. The number of amides is 1. The number of benzene rings is 1. The normalized spacial score (nSPS) is 31.7. The van der Waals surface area contributed by atoms with E-state index in [2.05, 4.69) is 0 Å². The maximum absolute atomic E-state index is 13.6. The molecule has 6 nitrogen and oxygen atoms in total. The van der Waals surface area contributed by atoms with Crippen molar-refractivity contribution in [1.29, 1.82) is 0 Å². The molecule has 6 heteroatoms. The van der Waals surface area contributed by atoms with Gasteiger partial charge in [0.05, 0.1) is 13.5 Å². The van der Waals surface area contributed by atoms with E-state index in [0.29, 0.717) is 23.6 Å². The molecule has 1 amide bonds. The number of rotatable bonds is 5. The van der Waals surface area contributed by atoms with Crippen LogP contribution in [0.25, 0.3) is 0 Å². The van der Waals surface area contributed by atoms with E-state index in [4.69, 9.17) is 14.2 Å². The van der Waals surface area contributed by atoms with E-state index < -0.39 is 0 Å². The molecule has 0 saturated heterocycles. The minimum absolute atomic E-state index is 0.0100. The van der Waals surface area contributed by atoms with Crippen molar-refractivity contribution in [3.63, 3.8) is 0 Å². The van der Waals surface area contributed by atoms with E-state index in [1.807, 2.05) is 11.0 Å². The summed E-state index contributed by atoms with van der Waals surface area (Å²) in [7, 11) is 1.40. The van der Waals surface area contributed by atoms with Crippen molar-refractivity contribution in [1.82, 2.24) is 4.90 Å². The monoisotopic (exact) mass is 385 g/mol. The van der Waals surface area contributed by atoms with Gasteiger partial charge in [0.25, 0.3) is 5.91 Å². The number of fused-ring (bicyclic) bond motifs is 1. The zero-order chi connectivity index (χ0) is 19.3. The molecule has 4 bridgehead atoms. The fourth-order valence-electron chi connectivity index (χ4n) is 6.44. The molecule has 0 spiro atoms. The minimum Gasteiger partial charge on any atom is -0.469 e. The van der Waals surface area contributed by atoms with Crippen LogP contribution in [-0.2, 0) is 9.53 Å². The van der Waals surface area contributed by atoms with Gasteiger partial charge in [-0.05, 0) is 74.5 Å². The minimum atomic E-state index is -0.270. The van der Waals surface area contributed by atoms with Crippen LogP contribution >= 0.6 is 0 Å². The molecule has 0 unspecified atom stereocenters. The Labute approximate surface area is 165 Å². The average Bonchev–Trinajstić information content (AvgIpc) is 3.14. The first-order valence-electron chi connectivity index (χ1n) is 10.3. The van der Waals surface area contributed by atoms with Crippen molar-refractivity contribution in [3.05, 3.63) is 23.8 Å². The maximum atomic E-state index is 13.6. The maximum Gasteiger partial charge on any atom is 0.307 e. The van der Waals surface area contributed by atoms with Crippen LogP contribution in [0.5, 0.6) is 11.5 Å². The van der Waals surface area contributed by atoms with E-state index >= 15 is 0 Å². The lowest BCUT2D eigenvalue weighted by molar-refractivity contribution is -0.141. The van der Waals surface area contributed by atoms with Crippen molar-refractivity contribution >= 4 is 11.9 Å². The second-order valence-electron chi connectivity index (χ2n) is 8.99. The molecule has 4 saturated carbocycles. The third kappa shape index (κ3) is 2.93. The van der Waals surface area contributed by atoms with E-state index in [1.165, 1.54) is 26.4 Å². The zero-order valence-corrected chi connectivity index (χ0v) is 16.3. The fourth-order valence-corrected chi connectivity index (χ4v) is 6.44. The molecule has 0 atom stereocenters.